The Balaban J connectivity index is 1.27. The third-order valence-corrected chi connectivity index (χ3v) is 11.5. The number of carbonyl (C=O) groups excluding carboxylic acids is 1. The van der Waals surface area contributed by atoms with E-state index in [1.165, 1.54) is 18.5 Å². The number of nitriles is 1. The van der Waals surface area contributed by atoms with Crippen molar-refractivity contribution in [2.24, 2.45) is 13.0 Å². The highest BCUT2D eigenvalue weighted by atomic mass is 35.5. The lowest BCUT2D eigenvalue weighted by atomic mass is 9.79. The summed E-state index contributed by atoms with van der Waals surface area (Å²) in [7, 11) is 3.89. The first-order valence-electron chi connectivity index (χ1n) is 17.4. The van der Waals surface area contributed by atoms with Gasteiger partial charge in [0.05, 0.1) is 34.0 Å². The minimum Gasteiger partial charge on any atom is -0.381 e. The highest BCUT2D eigenvalue weighted by Gasteiger charge is 2.54. The average Bonchev–Trinajstić information content (AvgIpc) is 3.67. The fraction of sp³-hybridized carbons (Fsp3) is 0.595. The SMILES string of the molecule is Cc1nc2c(cc1Cl)C(C(C)(C)c1ncnn1C)OC21CCN(C(=O)[C@H](CCN(C)C2CCOCC2)[C@@H](CC#N)c2ccc(F)cc2F)CC1. The lowest BCUT2D eigenvalue weighted by Gasteiger charge is -2.42. The number of likely N-dealkylation sites (tertiary alicyclic amines) is 1. The normalized spacial score (nSPS) is 20.6. The van der Waals surface area contributed by atoms with Crippen LogP contribution in [0, 0.1) is 35.8 Å². The maximum Gasteiger partial charge on any atom is 0.226 e. The van der Waals surface area contributed by atoms with E-state index in [9.17, 15) is 14.4 Å². The zero-order valence-corrected chi connectivity index (χ0v) is 30.2. The van der Waals surface area contributed by atoms with E-state index >= 15 is 4.39 Å². The zero-order valence-electron chi connectivity index (χ0n) is 29.5. The van der Waals surface area contributed by atoms with Crippen LogP contribution in [0.15, 0.2) is 30.6 Å². The van der Waals surface area contributed by atoms with Crippen LogP contribution in [0.5, 0.6) is 0 Å². The van der Waals surface area contributed by atoms with Gasteiger partial charge in [-0.25, -0.2) is 13.8 Å². The number of rotatable bonds is 10. The summed E-state index contributed by atoms with van der Waals surface area (Å²) in [6.45, 7) is 8.75. The van der Waals surface area contributed by atoms with Crippen molar-refractivity contribution in [1.29, 1.82) is 5.26 Å². The molecule has 5 heterocycles. The van der Waals surface area contributed by atoms with Gasteiger partial charge in [0, 0.05) is 69.3 Å². The number of amides is 1. The second-order valence-corrected chi connectivity index (χ2v) is 15.0. The van der Waals surface area contributed by atoms with Gasteiger partial charge in [0.25, 0.3) is 0 Å². The molecule has 6 rings (SSSR count). The second kappa shape index (κ2) is 14.6. The molecule has 3 aliphatic rings. The van der Waals surface area contributed by atoms with Gasteiger partial charge in [-0.15, -0.1) is 0 Å². The van der Waals surface area contributed by atoms with E-state index in [0.29, 0.717) is 68.9 Å². The molecule has 1 aromatic carbocycles. The molecular formula is C37H46ClF2N7O3. The summed E-state index contributed by atoms with van der Waals surface area (Å²) in [6.07, 6.45) is 4.24. The average molecular weight is 710 g/mol. The van der Waals surface area contributed by atoms with Crippen LogP contribution in [0.25, 0.3) is 0 Å². The van der Waals surface area contributed by atoms with Crippen LogP contribution in [0.2, 0.25) is 5.02 Å². The van der Waals surface area contributed by atoms with E-state index in [2.05, 4.69) is 34.9 Å². The van der Waals surface area contributed by atoms with E-state index in [1.54, 1.807) is 4.68 Å². The quantitative estimate of drug-likeness (QED) is 0.247. The lowest BCUT2D eigenvalue weighted by Crippen LogP contribution is -2.49. The molecule has 3 aromatic rings. The number of piperidine rings is 1. The predicted octanol–water partition coefficient (Wildman–Crippen LogP) is 6.13. The minimum absolute atomic E-state index is 0.0724. The largest absolute Gasteiger partial charge is 0.381 e. The monoisotopic (exact) mass is 709 g/mol. The topological polar surface area (TPSA) is 109 Å². The number of benzene rings is 1. The molecule has 0 bridgehead atoms. The molecule has 3 atom stereocenters. The molecule has 1 spiro atoms. The molecule has 1 unspecified atom stereocenters. The molecule has 0 saturated carbocycles. The summed E-state index contributed by atoms with van der Waals surface area (Å²) in [4.78, 5) is 28.2. The molecule has 0 aliphatic carbocycles. The molecule has 3 aliphatic heterocycles. The Morgan fingerprint density at radius 1 is 1.22 bits per heavy atom. The van der Waals surface area contributed by atoms with Crippen LogP contribution >= 0.6 is 11.6 Å². The standard InChI is InChI=1S/C37H46ClF2N7O3/c1-23-30(38)21-29-32(44-23)37(50-33(29)36(2,3)35-42-22-43-46(35)5)12-16-47(17-13-37)34(48)28(9-15-45(4)25-10-18-49-19-11-25)26(8-14-41)27-7-6-24(39)20-31(27)40/h6-7,20-22,25-26,28,33H,8-13,15-19H2,1-5H3/t26-,28+,33?/m0/s1. The molecule has 1 amide bonds. The Hall–Kier alpha value is -3.50. The van der Waals surface area contributed by atoms with E-state index < -0.39 is 40.6 Å². The Morgan fingerprint density at radius 2 is 1.94 bits per heavy atom. The fourth-order valence-corrected chi connectivity index (χ4v) is 8.39. The van der Waals surface area contributed by atoms with Gasteiger partial charge < -0.3 is 19.3 Å². The smallest absolute Gasteiger partial charge is 0.226 e. The van der Waals surface area contributed by atoms with E-state index in [-0.39, 0.29) is 17.9 Å². The first kappa shape index (κ1) is 36.3. The number of fused-ring (bicyclic) bond motifs is 2. The Kier molecular flexibility index (Phi) is 10.6. The van der Waals surface area contributed by atoms with Crippen LogP contribution in [-0.4, -0.2) is 81.4 Å². The second-order valence-electron chi connectivity index (χ2n) is 14.6. The minimum atomic E-state index is -0.754. The first-order chi connectivity index (χ1) is 23.9. The number of ether oxygens (including phenoxy) is 2. The number of aromatic nitrogens is 4. The summed E-state index contributed by atoms with van der Waals surface area (Å²) in [6, 6.07) is 7.84. The van der Waals surface area contributed by atoms with Crippen molar-refractivity contribution in [1.82, 2.24) is 29.5 Å². The van der Waals surface area contributed by atoms with Gasteiger partial charge in [-0.05, 0) is 84.2 Å². The predicted molar refractivity (Wildman–Crippen MR) is 183 cm³/mol. The molecule has 2 saturated heterocycles. The van der Waals surface area contributed by atoms with Crippen LogP contribution < -0.4 is 0 Å². The summed E-state index contributed by atoms with van der Waals surface area (Å²) in [5.41, 5.74) is 1.29. The summed E-state index contributed by atoms with van der Waals surface area (Å²) >= 11 is 6.63. The third-order valence-electron chi connectivity index (χ3n) is 11.1. The van der Waals surface area contributed by atoms with Crippen LogP contribution in [-0.2, 0) is 32.3 Å². The Bertz CT molecular complexity index is 1750. The molecule has 50 heavy (non-hydrogen) atoms. The summed E-state index contributed by atoms with van der Waals surface area (Å²) < 4.78 is 43.6. The van der Waals surface area contributed by atoms with Gasteiger partial charge in [-0.2, -0.15) is 10.4 Å². The molecule has 2 aromatic heterocycles. The maximum absolute atomic E-state index is 15.3. The number of aryl methyl sites for hydroxylation is 2. The molecule has 2 fully saturated rings. The van der Waals surface area contributed by atoms with E-state index in [0.717, 1.165) is 36.0 Å². The van der Waals surface area contributed by atoms with Crippen molar-refractivity contribution in [2.75, 3.05) is 39.9 Å². The fourth-order valence-electron chi connectivity index (χ4n) is 8.23. The number of halogens is 3. The van der Waals surface area contributed by atoms with E-state index in [4.69, 9.17) is 26.1 Å². The lowest BCUT2D eigenvalue weighted by molar-refractivity contribution is -0.152. The number of nitrogens with zero attached hydrogens (tertiary/aromatic N) is 7. The third kappa shape index (κ3) is 6.90. The van der Waals surface area contributed by atoms with Crippen LogP contribution in [0.4, 0.5) is 8.78 Å². The van der Waals surface area contributed by atoms with Crippen molar-refractivity contribution >= 4 is 17.5 Å². The van der Waals surface area contributed by atoms with Crippen molar-refractivity contribution in [3.8, 4) is 6.07 Å². The van der Waals surface area contributed by atoms with Gasteiger partial charge in [-0.3, -0.25) is 14.5 Å². The molecular weight excluding hydrogens is 664 g/mol. The number of pyridine rings is 1. The zero-order chi connectivity index (χ0) is 35.8. The van der Waals surface area contributed by atoms with E-state index in [1.807, 2.05) is 32.0 Å². The van der Waals surface area contributed by atoms with Gasteiger partial charge >= 0.3 is 0 Å². The van der Waals surface area contributed by atoms with Gasteiger partial charge in [0.2, 0.25) is 5.91 Å². The highest BCUT2D eigenvalue weighted by molar-refractivity contribution is 6.31. The molecule has 268 valence electrons. The molecule has 10 nitrogen and oxygen atoms in total. The summed E-state index contributed by atoms with van der Waals surface area (Å²) in [5, 5.41) is 14.7. The van der Waals surface area contributed by atoms with Crippen LogP contribution in [0.1, 0.15) is 92.7 Å². The van der Waals surface area contributed by atoms with Crippen LogP contribution in [0.3, 0.4) is 0 Å². The van der Waals surface area contributed by atoms with Crippen molar-refractivity contribution < 1.29 is 23.0 Å². The maximum atomic E-state index is 15.3. The van der Waals surface area contributed by atoms with Crippen molar-refractivity contribution in [2.45, 2.75) is 88.4 Å². The van der Waals surface area contributed by atoms with Gasteiger partial charge in [0.1, 0.15) is 29.4 Å². The van der Waals surface area contributed by atoms with Crippen molar-refractivity contribution in [3.05, 3.63) is 75.6 Å². The highest BCUT2D eigenvalue weighted by Crippen LogP contribution is 2.55. The van der Waals surface area contributed by atoms with Gasteiger partial charge in [0.15, 0.2) is 0 Å². The Labute approximate surface area is 297 Å². The Morgan fingerprint density at radius 3 is 2.58 bits per heavy atom. The molecule has 13 heteroatoms. The molecule has 0 radical (unpaired) electrons. The first-order valence-corrected chi connectivity index (χ1v) is 17.8. The number of hydrogen-bond acceptors (Lipinski definition) is 8. The summed E-state index contributed by atoms with van der Waals surface area (Å²) in [5.74, 6) is -2.25. The number of hydrogen-bond donors (Lipinski definition) is 0. The number of carbonyl (C=O) groups is 1. The molecule has 0 N–H and O–H groups in total. The van der Waals surface area contributed by atoms with Gasteiger partial charge in [-0.1, -0.05) is 17.7 Å². The van der Waals surface area contributed by atoms with Crippen molar-refractivity contribution in [3.63, 3.8) is 0 Å².